The number of carbonyl (C=O) groups is 1. The lowest BCUT2D eigenvalue weighted by Gasteiger charge is -2.48. The van der Waals surface area contributed by atoms with Crippen molar-refractivity contribution in [3.63, 3.8) is 0 Å². The minimum atomic E-state index is 0.0236. The molecule has 0 amide bonds. The lowest BCUT2D eigenvalue weighted by Crippen LogP contribution is -2.44. The lowest BCUT2D eigenvalue weighted by atomic mass is 9.55. The summed E-state index contributed by atoms with van der Waals surface area (Å²) in [6, 6.07) is 15.9. The average Bonchev–Trinajstić information content (AvgIpc) is 2.70. The largest absolute Gasteiger partial charge is 0.508 e. The number of hydrogen-bond donors (Lipinski definition) is 1. The van der Waals surface area contributed by atoms with Crippen LogP contribution in [0.15, 0.2) is 67.3 Å². The molecule has 2 nitrogen and oxygen atoms in total. The van der Waals surface area contributed by atoms with Crippen molar-refractivity contribution < 1.29 is 9.90 Å². The minimum absolute atomic E-state index is 0.0236. The van der Waals surface area contributed by atoms with Gasteiger partial charge < -0.3 is 5.11 Å². The summed E-state index contributed by atoms with van der Waals surface area (Å²) in [4.78, 5) is 12.8. The van der Waals surface area contributed by atoms with Crippen molar-refractivity contribution in [3.05, 3.63) is 84.0 Å². The Labute approximate surface area is 162 Å². The topological polar surface area (TPSA) is 37.3 Å². The van der Waals surface area contributed by atoms with Gasteiger partial charge in [0.2, 0.25) is 0 Å². The van der Waals surface area contributed by atoms with Gasteiger partial charge in [-0.15, -0.1) is 13.2 Å². The Morgan fingerprint density at radius 3 is 2.63 bits per heavy atom. The zero-order valence-corrected chi connectivity index (χ0v) is 16.1. The number of allylic oxidation sites excluding steroid dienone is 1. The first-order chi connectivity index (χ1) is 13.1. The molecular formula is C25H28O2. The number of aryl methyl sites for hydroxylation is 1. The molecule has 27 heavy (non-hydrogen) atoms. The molecule has 1 saturated carbocycles. The summed E-state index contributed by atoms with van der Waals surface area (Å²) in [6.45, 7) is 8.24. The van der Waals surface area contributed by atoms with Gasteiger partial charge in [0.1, 0.15) is 5.75 Å². The molecule has 0 radical (unpaired) electrons. The molecule has 2 aromatic carbocycles. The summed E-state index contributed by atoms with van der Waals surface area (Å²) in [5.74, 6) is 1.06. The van der Waals surface area contributed by atoms with Crippen molar-refractivity contribution in [1.29, 1.82) is 0 Å². The van der Waals surface area contributed by atoms with E-state index in [0.717, 1.165) is 36.8 Å². The molecule has 1 N–H and O–H groups in total. The summed E-state index contributed by atoms with van der Waals surface area (Å²) < 4.78 is 0. The molecule has 4 rings (SSSR count). The molecule has 0 aromatic heterocycles. The fraction of sp³-hybridized carbons (Fsp3) is 0.320. The molecule has 0 spiro atoms. The molecular weight excluding hydrogens is 332 g/mol. The van der Waals surface area contributed by atoms with Crippen LogP contribution in [-0.4, -0.2) is 10.9 Å². The highest BCUT2D eigenvalue weighted by Gasteiger charge is 2.47. The molecule has 0 unspecified atom stereocenters. The molecule has 2 aromatic rings. The van der Waals surface area contributed by atoms with Crippen LogP contribution in [0.25, 0.3) is 6.08 Å². The molecule has 0 heterocycles. The highest BCUT2D eigenvalue weighted by Crippen LogP contribution is 2.53. The van der Waals surface area contributed by atoms with E-state index in [-0.39, 0.29) is 5.41 Å². The van der Waals surface area contributed by atoms with Crippen LogP contribution < -0.4 is 0 Å². The molecule has 0 saturated heterocycles. The van der Waals surface area contributed by atoms with E-state index in [2.05, 4.69) is 44.4 Å². The second-order valence-electron chi connectivity index (χ2n) is 7.47. The van der Waals surface area contributed by atoms with E-state index in [0.29, 0.717) is 23.9 Å². The van der Waals surface area contributed by atoms with Gasteiger partial charge in [-0.2, -0.15) is 0 Å². The fourth-order valence-electron chi connectivity index (χ4n) is 4.92. The SMILES string of the molecule is C=C.CC[C@@]12C/C(=C\c3ccccc3)C(=O)C[C@H]1CCc1cc(O)ccc12. The van der Waals surface area contributed by atoms with Crippen molar-refractivity contribution in [1.82, 2.24) is 0 Å². The Morgan fingerprint density at radius 2 is 1.93 bits per heavy atom. The number of hydrogen-bond acceptors (Lipinski definition) is 2. The third kappa shape index (κ3) is 3.49. The number of aromatic hydroxyl groups is 1. The first kappa shape index (κ1) is 19.2. The predicted molar refractivity (Wildman–Crippen MR) is 112 cm³/mol. The molecule has 2 aliphatic rings. The van der Waals surface area contributed by atoms with Crippen LogP contribution in [0.2, 0.25) is 0 Å². The predicted octanol–water partition coefficient (Wildman–Crippen LogP) is 5.85. The van der Waals surface area contributed by atoms with Gasteiger partial charge in [-0.3, -0.25) is 4.79 Å². The van der Waals surface area contributed by atoms with Gasteiger partial charge in [0.15, 0.2) is 5.78 Å². The number of fused-ring (bicyclic) bond motifs is 3. The summed E-state index contributed by atoms with van der Waals surface area (Å²) in [5, 5.41) is 9.86. The highest BCUT2D eigenvalue weighted by molar-refractivity contribution is 6.01. The maximum absolute atomic E-state index is 12.8. The van der Waals surface area contributed by atoms with Crippen molar-refractivity contribution in [3.8, 4) is 5.75 Å². The van der Waals surface area contributed by atoms with Crippen LogP contribution >= 0.6 is 0 Å². The van der Waals surface area contributed by atoms with Gasteiger partial charge in [-0.1, -0.05) is 43.3 Å². The standard InChI is InChI=1S/C23H24O2.C2H4/c1-2-23-15-18(12-16-6-4-3-5-7-16)22(25)14-19(23)9-8-17-13-20(24)10-11-21(17)23;1-2/h3-7,10-13,19,24H,2,8-9,14-15H2,1H3;1-2H2/b18-12+;/t19-,23-;/m1./s1. The van der Waals surface area contributed by atoms with E-state index in [4.69, 9.17) is 0 Å². The molecule has 140 valence electrons. The number of ketones is 1. The van der Waals surface area contributed by atoms with Gasteiger partial charge in [0.25, 0.3) is 0 Å². The number of benzene rings is 2. The number of phenols is 1. The Balaban J connectivity index is 0.00000102. The minimum Gasteiger partial charge on any atom is -0.508 e. The van der Waals surface area contributed by atoms with E-state index in [1.54, 1.807) is 6.07 Å². The Kier molecular flexibility index (Phi) is 5.65. The van der Waals surface area contributed by atoms with Crippen LogP contribution in [0.4, 0.5) is 0 Å². The summed E-state index contributed by atoms with van der Waals surface area (Å²) in [6.07, 6.45) is 6.54. The number of rotatable bonds is 2. The van der Waals surface area contributed by atoms with Crippen LogP contribution in [0.1, 0.15) is 49.3 Å². The first-order valence-electron chi connectivity index (χ1n) is 9.73. The summed E-state index contributed by atoms with van der Waals surface area (Å²) in [7, 11) is 0. The van der Waals surface area contributed by atoms with Crippen molar-refractivity contribution >= 4 is 11.9 Å². The van der Waals surface area contributed by atoms with E-state index >= 15 is 0 Å². The highest BCUT2D eigenvalue weighted by atomic mass is 16.3. The Hall–Kier alpha value is -2.61. The molecule has 2 aliphatic carbocycles. The second kappa shape index (κ2) is 7.96. The maximum atomic E-state index is 12.8. The lowest BCUT2D eigenvalue weighted by molar-refractivity contribution is -0.119. The zero-order valence-electron chi connectivity index (χ0n) is 16.1. The van der Waals surface area contributed by atoms with Crippen LogP contribution in [0.5, 0.6) is 5.75 Å². The van der Waals surface area contributed by atoms with Gasteiger partial charge in [-0.05, 0) is 72.1 Å². The van der Waals surface area contributed by atoms with Crippen molar-refractivity contribution in [2.45, 2.75) is 44.4 Å². The summed E-state index contributed by atoms with van der Waals surface area (Å²) >= 11 is 0. The maximum Gasteiger partial charge on any atom is 0.159 e. The summed E-state index contributed by atoms with van der Waals surface area (Å²) in [5.41, 5.74) is 4.67. The van der Waals surface area contributed by atoms with Crippen LogP contribution in [0, 0.1) is 5.92 Å². The quantitative estimate of drug-likeness (QED) is 0.539. The van der Waals surface area contributed by atoms with Gasteiger partial charge in [-0.25, -0.2) is 0 Å². The van der Waals surface area contributed by atoms with E-state index in [1.165, 1.54) is 11.1 Å². The molecule has 2 atom stereocenters. The monoisotopic (exact) mass is 360 g/mol. The van der Waals surface area contributed by atoms with E-state index < -0.39 is 0 Å². The van der Waals surface area contributed by atoms with Crippen molar-refractivity contribution in [2.24, 2.45) is 5.92 Å². The first-order valence-corrected chi connectivity index (χ1v) is 9.73. The normalized spacial score (nSPS) is 25.1. The fourth-order valence-corrected chi connectivity index (χ4v) is 4.92. The van der Waals surface area contributed by atoms with Crippen LogP contribution in [0.3, 0.4) is 0 Å². The van der Waals surface area contributed by atoms with E-state index in [9.17, 15) is 9.90 Å². The Morgan fingerprint density at radius 1 is 1.19 bits per heavy atom. The van der Waals surface area contributed by atoms with Gasteiger partial charge >= 0.3 is 0 Å². The number of Topliss-reactive ketones (excluding diaryl/α,β-unsaturated/α-hetero) is 1. The zero-order chi connectivity index (χ0) is 19.4. The molecule has 0 bridgehead atoms. The van der Waals surface area contributed by atoms with E-state index in [1.807, 2.05) is 24.3 Å². The van der Waals surface area contributed by atoms with Crippen LogP contribution in [-0.2, 0) is 16.6 Å². The third-order valence-electron chi connectivity index (χ3n) is 6.24. The van der Waals surface area contributed by atoms with Crippen molar-refractivity contribution in [2.75, 3.05) is 0 Å². The second-order valence-corrected chi connectivity index (χ2v) is 7.47. The molecule has 1 fully saturated rings. The third-order valence-corrected chi connectivity index (χ3v) is 6.24. The van der Waals surface area contributed by atoms with Gasteiger partial charge in [0.05, 0.1) is 0 Å². The average molecular weight is 360 g/mol. The molecule has 0 aliphatic heterocycles. The van der Waals surface area contributed by atoms with Gasteiger partial charge in [0, 0.05) is 11.8 Å². The Bertz CT molecular complexity index is 850. The smallest absolute Gasteiger partial charge is 0.159 e. The number of phenolic OH excluding ortho intramolecular Hbond substituents is 1. The molecule has 2 heteroatoms. The number of carbonyl (C=O) groups excluding carboxylic acids is 1.